The SMILES string of the molecule is O=C(O)C1O[C@@H](CS(=O)(=O)Oc2ccc(-c3ccc([C@@H]4[C@@H](CC[C@H](O)c5ccc(F)cc5)C(=O)N4c4ccccc4)c(O)c3)cc2)C(O)[C@@H](O)[C@@H]1O. The van der Waals surface area contributed by atoms with Gasteiger partial charge in [0.1, 0.15) is 47.5 Å². The predicted octanol–water partition coefficient (Wildman–Crippen LogP) is 3.06. The monoisotopic (exact) mass is 737 g/mol. The third-order valence-corrected chi connectivity index (χ3v) is 10.5. The Bertz CT molecular complexity index is 2010. The van der Waals surface area contributed by atoms with Crippen LogP contribution in [-0.2, 0) is 24.4 Å². The number of carbonyl (C=O) groups excluding carboxylic acids is 1. The van der Waals surface area contributed by atoms with Gasteiger partial charge in [-0.05, 0) is 72.0 Å². The highest BCUT2D eigenvalue weighted by atomic mass is 32.2. The Kier molecular flexibility index (Phi) is 10.6. The van der Waals surface area contributed by atoms with Crippen LogP contribution in [0.3, 0.4) is 0 Å². The minimum absolute atomic E-state index is 0.0964. The second-order valence-electron chi connectivity index (χ2n) is 12.8. The van der Waals surface area contributed by atoms with Crippen LogP contribution in [0.15, 0.2) is 97.1 Å². The number of carbonyl (C=O) groups is 2. The van der Waals surface area contributed by atoms with Crippen molar-refractivity contribution in [2.75, 3.05) is 10.7 Å². The van der Waals surface area contributed by atoms with E-state index in [1.165, 1.54) is 54.6 Å². The molecule has 2 fully saturated rings. The molecule has 2 unspecified atom stereocenters. The minimum Gasteiger partial charge on any atom is -0.508 e. The van der Waals surface area contributed by atoms with Crippen molar-refractivity contribution in [1.29, 1.82) is 0 Å². The lowest BCUT2D eigenvalue weighted by molar-refractivity contribution is -0.223. The van der Waals surface area contributed by atoms with E-state index in [2.05, 4.69) is 0 Å². The van der Waals surface area contributed by atoms with Gasteiger partial charge in [-0.3, -0.25) is 4.79 Å². The number of ether oxygens (including phenoxy) is 1. The average molecular weight is 738 g/mol. The maximum absolute atomic E-state index is 13.5. The second kappa shape index (κ2) is 15.0. The lowest BCUT2D eigenvalue weighted by atomic mass is 9.77. The first-order valence-corrected chi connectivity index (χ1v) is 17.9. The number of phenolic OH excluding ortho intramolecular Hbond substituents is 1. The highest BCUT2D eigenvalue weighted by Crippen LogP contribution is 2.49. The van der Waals surface area contributed by atoms with Gasteiger partial charge in [-0.15, -0.1) is 0 Å². The van der Waals surface area contributed by atoms with Crippen LogP contribution in [0.25, 0.3) is 11.1 Å². The molecule has 1 amide bonds. The van der Waals surface area contributed by atoms with Gasteiger partial charge in [0.2, 0.25) is 5.91 Å². The van der Waals surface area contributed by atoms with Crippen LogP contribution in [0.5, 0.6) is 11.5 Å². The first-order chi connectivity index (χ1) is 24.7. The molecule has 0 saturated carbocycles. The minimum atomic E-state index is -4.49. The topological polar surface area (TPSA) is 211 Å². The number of nitrogens with zero attached hydrogens (tertiary/aromatic N) is 1. The Balaban J connectivity index is 1.16. The molecule has 2 saturated heterocycles. The van der Waals surface area contributed by atoms with Gasteiger partial charge in [-0.2, -0.15) is 8.42 Å². The molecule has 13 nitrogen and oxygen atoms in total. The normalized spacial score (nSPS) is 25.3. The summed E-state index contributed by atoms with van der Waals surface area (Å²) in [5.41, 5.74) is 2.78. The number of carboxylic acid groups (broad SMARTS) is 1. The van der Waals surface area contributed by atoms with Crippen molar-refractivity contribution in [2.45, 2.75) is 55.5 Å². The number of halogens is 1. The first kappa shape index (κ1) is 36.9. The van der Waals surface area contributed by atoms with E-state index in [0.29, 0.717) is 34.4 Å². The number of rotatable bonds is 12. The van der Waals surface area contributed by atoms with E-state index in [1.807, 2.05) is 6.07 Å². The summed E-state index contributed by atoms with van der Waals surface area (Å²) in [6, 6.07) is 24.6. The lowest BCUT2D eigenvalue weighted by Gasteiger charge is -2.48. The Morgan fingerprint density at radius 1 is 0.885 bits per heavy atom. The molecule has 4 aromatic carbocycles. The molecule has 2 heterocycles. The Hall–Kier alpha value is -4.90. The van der Waals surface area contributed by atoms with Crippen molar-refractivity contribution in [2.24, 2.45) is 5.92 Å². The van der Waals surface area contributed by atoms with E-state index in [4.69, 9.17) is 8.92 Å². The number of amides is 1. The fourth-order valence-corrected chi connectivity index (χ4v) is 7.75. The van der Waals surface area contributed by atoms with Gasteiger partial charge in [-0.1, -0.05) is 54.6 Å². The standard InChI is InChI=1S/C37H36FNO12S/c38-23-11-6-21(7-12-23)28(40)17-16-27-31(39(36(27)45)24-4-2-1-3-5-24)26-15-10-22(18-29(26)41)20-8-13-25(14-9-20)51-52(48,49)19-30-32(42)33(43)34(44)35(50-30)37(46)47/h1-15,18,27-28,30-35,40-44H,16-17,19H2,(H,46,47)/t27-,28+,30+,31-,32?,33-,34+,35?/m1/s1. The lowest BCUT2D eigenvalue weighted by Crippen LogP contribution is -2.61. The number of β-lactam (4-membered cyclic amide) rings is 1. The molecule has 0 radical (unpaired) electrons. The number of hydrogen-bond acceptors (Lipinski definition) is 11. The number of aromatic hydroxyl groups is 1. The molecule has 0 bridgehead atoms. The number of benzene rings is 4. The summed E-state index contributed by atoms with van der Waals surface area (Å²) < 4.78 is 49.1. The summed E-state index contributed by atoms with van der Waals surface area (Å²) in [6.07, 6.45) is -9.89. The largest absolute Gasteiger partial charge is 0.508 e. The van der Waals surface area contributed by atoms with Crippen molar-refractivity contribution >= 4 is 27.7 Å². The molecule has 8 atom stereocenters. The molecule has 4 aromatic rings. The number of aliphatic hydroxyl groups is 4. The molecule has 274 valence electrons. The average Bonchev–Trinajstić information content (AvgIpc) is 3.11. The summed E-state index contributed by atoms with van der Waals surface area (Å²) in [7, 11) is -4.49. The van der Waals surface area contributed by atoms with Gasteiger partial charge in [0.15, 0.2) is 6.10 Å². The summed E-state index contributed by atoms with van der Waals surface area (Å²) in [4.78, 5) is 26.4. The molecule has 6 N–H and O–H groups in total. The number of phenols is 1. The molecular formula is C37H36FNO12S. The Labute approximate surface area is 297 Å². The van der Waals surface area contributed by atoms with E-state index in [9.17, 15) is 53.0 Å². The van der Waals surface area contributed by atoms with Crippen LogP contribution < -0.4 is 9.08 Å². The van der Waals surface area contributed by atoms with Crippen LogP contribution in [-0.4, -0.2) is 87.2 Å². The maximum atomic E-state index is 13.5. The number of aliphatic hydroxyl groups excluding tert-OH is 4. The van der Waals surface area contributed by atoms with E-state index < -0.39 is 76.2 Å². The van der Waals surface area contributed by atoms with Crippen LogP contribution >= 0.6 is 0 Å². The fourth-order valence-electron chi connectivity index (χ4n) is 6.60. The van der Waals surface area contributed by atoms with Crippen LogP contribution in [0, 0.1) is 11.7 Å². The van der Waals surface area contributed by atoms with Crippen LogP contribution in [0.4, 0.5) is 10.1 Å². The number of aliphatic carboxylic acids is 1. The van der Waals surface area contributed by atoms with Gasteiger partial charge >= 0.3 is 16.1 Å². The Morgan fingerprint density at radius 3 is 2.17 bits per heavy atom. The molecule has 6 rings (SSSR count). The number of anilines is 1. The van der Waals surface area contributed by atoms with Crippen molar-refractivity contribution in [3.63, 3.8) is 0 Å². The molecule has 2 aliphatic heterocycles. The first-order valence-electron chi connectivity index (χ1n) is 16.3. The molecule has 15 heteroatoms. The van der Waals surface area contributed by atoms with Crippen molar-refractivity contribution in [3.05, 3.63) is 114 Å². The summed E-state index contributed by atoms with van der Waals surface area (Å²) in [5, 5.41) is 61.3. The van der Waals surface area contributed by atoms with E-state index in [0.717, 1.165) is 0 Å². The maximum Gasteiger partial charge on any atom is 0.335 e. The van der Waals surface area contributed by atoms with Gasteiger partial charge in [0, 0.05) is 11.3 Å². The smallest absolute Gasteiger partial charge is 0.335 e. The highest BCUT2D eigenvalue weighted by molar-refractivity contribution is 7.87. The Morgan fingerprint density at radius 2 is 1.54 bits per heavy atom. The summed E-state index contributed by atoms with van der Waals surface area (Å²) >= 11 is 0. The van der Waals surface area contributed by atoms with Gasteiger partial charge in [-0.25, -0.2) is 9.18 Å². The van der Waals surface area contributed by atoms with Gasteiger partial charge in [0.05, 0.1) is 18.1 Å². The molecule has 0 spiro atoms. The zero-order valence-electron chi connectivity index (χ0n) is 27.3. The van der Waals surface area contributed by atoms with E-state index >= 15 is 0 Å². The van der Waals surface area contributed by atoms with Crippen molar-refractivity contribution < 1.29 is 62.0 Å². The third kappa shape index (κ3) is 7.65. The fraction of sp³-hybridized carbons (Fsp3) is 0.297. The molecule has 0 aromatic heterocycles. The number of hydrogen-bond donors (Lipinski definition) is 6. The second-order valence-corrected chi connectivity index (χ2v) is 14.4. The van der Waals surface area contributed by atoms with Crippen LogP contribution in [0.1, 0.15) is 36.1 Å². The zero-order valence-corrected chi connectivity index (χ0v) is 28.2. The molecule has 0 aliphatic carbocycles. The predicted molar refractivity (Wildman–Crippen MR) is 183 cm³/mol. The van der Waals surface area contributed by atoms with E-state index in [-0.39, 0.29) is 23.8 Å². The third-order valence-electron chi connectivity index (χ3n) is 9.34. The van der Waals surface area contributed by atoms with Gasteiger partial charge < -0.3 is 44.5 Å². The number of carboxylic acids is 1. The quantitative estimate of drug-likeness (QED) is 0.0916. The molecule has 2 aliphatic rings. The van der Waals surface area contributed by atoms with Gasteiger partial charge in [0.25, 0.3) is 0 Å². The number of para-hydroxylation sites is 1. The van der Waals surface area contributed by atoms with E-state index in [1.54, 1.807) is 41.3 Å². The molecular weight excluding hydrogens is 701 g/mol. The van der Waals surface area contributed by atoms with Crippen molar-refractivity contribution in [1.82, 2.24) is 0 Å². The zero-order chi connectivity index (χ0) is 37.3. The van der Waals surface area contributed by atoms with Crippen LogP contribution in [0.2, 0.25) is 0 Å². The summed E-state index contributed by atoms with van der Waals surface area (Å²) in [5.74, 6) is -4.04. The van der Waals surface area contributed by atoms with Crippen molar-refractivity contribution in [3.8, 4) is 22.6 Å². The molecule has 52 heavy (non-hydrogen) atoms. The highest BCUT2D eigenvalue weighted by Gasteiger charge is 2.50. The summed E-state index contributed by atoms with van der Waals surface area (Å²) in [6.45, 7) is 0.